The molecule has 0 bridgehead atoms. The van der Waals surface area contributed by atoms with Gasteiger partial charge in [0.25, 0.3) is 5.91 Å². The van der Waals surface area contributed by atoms with Gasteiger partial charge in [-0.15, -0.1) is 10.2 Å². The number of aryl methyl sites for hydroxylation is 1. The molecule has 0 aliphatic carbocycles. The molecule has 0 radical (unpaired) electrons. The molecule has 29 heavy (non-hydrogen) atoms. The highest BCUT2D eigenvalue weighted by Crippen LogP contribution is 2.18. The Morgan fingerprint density at radius 3 is 2.48 bits per heavy atom. The fourth-order valence-electron chi connectivity index (χ4n) is 2.33. The molecule has 0 unspecified atom stereocenters. The van der Waals surface area contributed by atoms with E-state index in [0.29, 0.717) is 6.07 Å². The Hall–Kier alpha value is -2.76. The summed E-state index contributed by atoms with van der Waals surface area (Å²) in [5.74, 6) is -2.43. The average Bonchev–Trinajstić information content (AvgIpc) is 3.18. The van der Waals surface area contributed by atoms with Gasteiger partial charge >= 0.3 is 0 Å². The standard InChI is InChI=1S/C18H16F2N4O3S2/c1-2-11-3-6-13(7-4-11)29(26,27)21-10-16-23-24-18(28-16)17(25)22-15-8-5-12(19)9-14(15)20/h3-9,21H,2,10H2,1H3,(H,22,25). The summed E-state index contributed by atoms with van der Waals surface area (Å²) in [6.07, 6.45) is 0.797. The lowest BCUT2D eigenvalue weighted by Gasteiger charge is -2.05. The van der Waals surface area contributed by atoms with Crippen LogP contribution in [0.2, 0.25) is 0 Å². The van der Waals surface area contributed by atoms with Crippen LogP contribution in [0.25, 0.3) is 0 Å². The summed E-state index contributed by atoms with van der Waals surface area (Å²) in [5.41, 5.74) is 0.811. The van der Waals surface area contributed by atoms with Crippen molar-refractivity contribution in [1.82, 2.24) is 14.9 Å². The highest BCUT2D eigenvalue weighted by atomic mass is 32.2. The van der Waals surface area contributed by atoms with E-state index in [1.165, 1.54) is 12.1 Å². The average molecular weight is 438 g/mol. The maximum Gasteiger partial charge on any atom is 0.286 e. The van der Waals surface area contributed by atoms with E-state index in [9.17, 15) is 22.0 Å². The molecule has 11 heteroatoms. The Morgan fingerprint density at radius 2 is 1.83 bits per heavy atom. The summed E-state index contributed by atoms with van der Waals surface area (Å²) in [6, 6.07) is 9.22. The van der Waals surface area contributed by atoms with E-state index in [1.807, 2.05) is 6.92 Å². The minimum Gasteiger partial charge on any atom is -0.317 e. The number of hydrogen-bond donors (Lipinski definition) is 2. The summed E-state index contributed by atoms with van der Waals surface area (Å²) >= 11 is 0.853. The third-order valence-electron chi connectivity index (χ3n) is 3.90. The molecule has 1 aromatic heterocycles. The molecule has 0 aliphatic heterocycles. The number of sulfonamides is 1. The van der Waals surface area contributed by atoms with Crippen LogP contribution < -0.4 is 10.0 Å². The zero-order valence-corrected chi connectivity index (χ0v) is 16.8. The molecular weight excluding hydrogens is 422 g/mol. The van der Waals surface area contributed by atoms with Gasteiger partial charge in [-0.2, -0.15) is 0 Å². The smallest absolute Gasteiger partial charge is 0.286 e. The summed E-state index contributed by atoms with van der Waals surface area (Å²) in [7, 11) is -3.75. The van der Waals surface area contributed by atoms with Crippen LogP contribution in [0.4, 0.5) is 14.5 Å². The lowest BCUT2D eigenvalue weighted by molar-refractivity contribution is 0.102. The molecule has 152 valence electrons. The third-order valence-corrected chi connectivity index (χ3v) is 6.23. The van der Waals surface area contributed by atoms with Gasteiger partial charge in [-0.1, -0.05) is 30.4 Å². The molecule has 0 spiro atoms. The highest BCUT2D eigenvalue weighted by Gasteiger charge is 2.18. The van der Waals surface area contributed by atoms with Gasteiger partial charge in [-0.25, -0.2) is 21.9 Å². The zero-order chi connectivity index (χ0) is 21.0. The second-order valence-electron chi connectivity index (χ2n) is 5.90. The van der Waals surface area contributed by atoms with Crippen LogP contribution >= 0.6 is 11.3 Å². The summed E-state index contributed by atoms with van der Waals surface area (Å²) in [4.78, 5) is 12.3. The second kappa shape index (κ2) is 8.72. The number of rotatable bonds is 7. The van der Waals surface area contributed by atoms with E-state index in [2.05, 4.69) is 20.2 Å². The predicted octanol–water partition coefficient (Wildman–Crippen LogP) is 3.11. The third kappa shape index (κ3) is 5.19. The van der Waals surface area contributed by atoms with E-state index in [-0.39, 0.29) is 27.1 Å². The van der Waals surface area contributed by atoms with Crippen LogP contribution in [-0.4, -0.2) is 24.5 Å². The van der Waals surface area contributed by atoms with Gasteiger partial charge in [0.2, 0.25) is 15.0 Å². The Bertz CT molecular complexity index is 1130. The van der Waals surface area contributed by atoms with E-state index in [0.717, 1.165) is 35.5 Å². The van der Waals surface area contributed by atoms with E-state index >= 15 is 0 Å². The normalized spacial score (nSPS) is 11.4. The van der Waals surface area contributed by atoms with Gasteiger partial charge in [-0.05, 0) is 36.2 Å². The van der Waals surface area contributed by atoms with Crippen molar-refractivity contribution in [3.63, 3.8) is 0 Å². The molecule has 2 N–H and O–H groups in total. The van der Waals surface area contributed by atoms with Crippen molar-refractivity contribution in [1.29, 1.82) is 0 Å². The van der Waals surface area contributed by atoms with Crippen molar-refractivity contribution in [2.75, 3.05) is 5.32 Å². The van der Waals surface area contributed by atoms with E-state index < -0.39 is 27.6 Å². The molecule has 1 amide bonds. The van der Waals surface area contributed by atoms with E-state index in [4.69, 9.17) is 0 Å². The fraction of sp³-hybridized carbons (Fsp3) is 0.167. The number of benzene rings is 2. The Labute approximate surface area is 169 Å². The van der Waals surface area contributed by atoms with Crippen LogP contribution in [0.15, 0.2) is 47.4 Å². The molecule has 0 aliphatic rings. The lowest BCUT2D eigenvalue weighted by atomic mass is 10.2. The first-order valence-corrected chi connectivity index (χ1v) is 10.8. The van der Waals surface area contributed by atoms with Crippen molar-refractivity contribution < 1.29 is 22.0 Å². The van der Waals surface area contributed by atoms with Crippen LogP contribution in [0, 0.1) is 11.6 Å². The number of carbonyl (C=O) groups is 1. The number of carbonyl (C=O) groups excluding carboxylic acids is 1. The number of halogens is 2. The topological polar surface area (TPSA) is 101 Å². The Kier molecular flexibility index (Phi) is 6.30. The highest BCUT2D eigenvalue weighted by molar-refractivity contribution is 7.89. The lowest BCUT2D eigenvalue weighted by Crippen LogP contribution is -2.23. The number of nitrogens with zero attached hydrogens (tertiary/aromatic N) is 2. The molecule has 1 heterocycles. The minimum absolute atomic E-state index is 0.0878. The molecule has 3 aromatic rings. The van der Waals surface area contributed by atoms with Gasteiger partial charge in [0.1, 0.15) is 16.6 Å². The second-order valence-corrected chi connectivity index (χ2v) is 8.73. The van der Waals surface area contributed by atoms with Crippen LogP contribution in [0.3, 0.4) is 0 Å². The first kappa shape index (κ1) is 21.0. The number of hydrogen-bond acceptors (Lipinski definition) is 6. The largest absolute Gasteiger partial charge is 0.317 e. The van der Waals surface area contributed by atoms with Gasteiger partial charge in [-0.3, -0.25) is 4.79 Å². The molecule has 3 rings (SSSR count). The summed E-state index contributed by atoms with van der Waals surface area (Å²) in [5, 5.41) is 9.88. The van der Waals surface area contributed by atoms with Crippen LogP contribution in [0.1, 0.15) is 27.3 Å². The van der Waals surface area contributed by atoms with E-state index in [1.54, 1.807) is 12.1 Å². The van der Waals surface area contributed by atoms with Gasteiger partial charge in [0, 0.05) is 6.07 Å². The van der Waals surface area contributed by atoms with Gasteiger partial charge in [0.05, 0.1) is 17.1 Å². The van der Waals surface area contributed by atoms with Gasteiger partial charge in [0.15, 0.2) is 0 Å². The molecule has 0 fully saturated rings. The van der Waals surface area contributed by atoms with Crippen LogP contribution in [0.5, 0.6) is 0 Å². The van der Waals surface area contributed by atoms with Gasteiger partial charge < -0.3 is 5.32 Å². The molecule has 0 saturated heterocycles. The quantitative estimate of drug-likeness (QED) is 0.590. The van der Waals surface area contributed by atoms with Crippen LogP contribution in [-0.2, 0) is 23.0 Å². The number of amides is 1. The summed E-state index contributed by atoms with van der Waals surface area (Å²) < 4.78 is 53.6. The number of aromatic nitrogens is 2. The monoisotopic (exact) mass is 438 g/mol. The van der Waals surface area contributed by atoms with Crippen molar-refractivity contribution in [2.24, 2.45) is 0 Å². The molecule has 7 nitrogen and oxygen atoms in total. The zero-order valence-electron chi connectivity index (χ0n) is 15.1. The van der Waals surface area contributed by atoms with Crippen molar-refractivity contribution >= 4 is 33.0 Å². The van der Waals surface area contributed by atoms with Crippen molar-refractivity contribution in [2.45, 2.75) is 24.8 Å². The fourth-order valence-corrected chi connectivity index (χ4v) is 4.08. The van der Waals surface area contributed by atoms with Crippen molar-refractivity contribution in [3.05, 3.63) is 69.7 Å². The number of nitrogens with one attached hydrogen (secondary N) is 2. The number of anilines is 1. The molecule has 0 saturated carbocycles. The van der Waals surface area contributed by atoms with Crippen molar-refractivity contribution in [3.8, 4) is 0 Å². The molecule has 0 atom stereocenters. The maximum absolute atomic E-state index is 13.6. The maximum atomic E-state index is 13.6. The summed E-state index contributed by atoms with van der Waals surface area (Å²) in [6.45, 7) is 1.81. The first-order valence-electron chi connectivity index (χ1n) is 8.46. The Balaban J connectivity index is 1.64. The Morgan fingerprint density at radius 1 is 1.10 bits per heavy atom. The molecular formula is C18H16F2N4O3S2. The predicted molar refractivity (Wildman–Crippen MR) is 104 cm³/mol. The molecule has 2 aromatic carbocycles. The SMILES string of the molecule is CCc1ccc(S(=O)(=O)NCc2nnc(C(=O)Nc3ccc(F)cc3F)s2)cc1. The minimum atomic E-state index is -3.75. The first-order chi connectivity index (χ1) is 13.8.